The number of halogens is 2. The van der Waals surface area contributed by atoms with E-state index in [1.54, 1.807) is 11.3 Å². The maximum atomic E-state index is 5.67. The van der Waals surface area contributed by atoms with Crippen LogP contribution in [0.1, 0.15) is 29.7 Å². The molecule has 0 radical (unpaired) electrons. The summed E-state index contributed by atoms with van der Waals surface area (Å²) in [5.41, 5.74) is 7.18. The maximum Gasteiger partial charge on any atom is 0.180 e. The Morgan fingerprint density at radius 3 is 2.50 bits per heavy atom. The van der Waals surface area contributed by atoms with Crippen molar-refractivity contribution in [3.8, 4) is 0 Å². The lowest BCUT2D eigenvalue weighted by Gasteiger charge is -2.43. The lowest BCUT2D eigenvalue weighted by atomic mass is 9.72. The Morgan fingerprint density at radius 1 is 1.30 bits per heavy atom. The van der Waals surface area contributed by atoms with Gasteiger partial charge in [-0.05, 0) is 37.0 Å². The van der Waals surface area contributed by atoms with Crippen molar-refractivity contribution in [3.63, 3.8) is 0 Å². The molecule has 0 bridgehead atoms. The average Bonchev–Trinajstić information content (AvgIpc) is 2.76. The van der Waals surface area contributed by atoms with Gasteiger partial charge >= 0.3 is 0 Å². The molecule has 0 aliphatic heterocycles. The van der Waals surface area contributed by atoms with Crippen LogP contribution in [0.15, 0.2) is 34.9 Å². The zero-order valence-corrected chi connectivity index (χ0v) is 14.2. The van der Waals surface area contributed by atoms with Gasteiger partial charge in [0.15, 0.2) is 5.13 Å². The molecule has 1 aliphatic rings. The zero-order valence-electron chi connectivity index (χ0n) is 10.9. The van der Waals surface area contributed by atoms with E-state index in [9.17, 15) is 0 Å². The molecule has 1 saturated carbocycles. The maximum absolute atomic E-state index is 5.67. The molecular weight excluding hydrogens is 358 g/mol. The summed E-state index contributed by atoms with van der Waals surface area (Å²) < 4.78 is 1.13. The van der Waals surface area contributed by atoms with Gasteiger partial charge in [0.25, 0.3) is 0 Å². The molecule has 0 atom stereocenters. The Bertz CT molecular complexity index is 566. The summed E-state index contributed by atoms with van der Waals surface area (Å²) in [7, 11) is 0. The predicted molar refractivity (Wildman–Crippen MR) is 90.3 cm³/mol. The molecule has 2 aromatic rings. The van der Waals surface area contributed by atoms with Crippen molar-refractivity contribution in [3.05, 3.63) is 45.4 Å². The van der Waals surface area contributed by atoms with Crippen LogP contribution < -0.4 is 11.1 Å². The third kappa shape index (κ3) is 3.17. The highest BCUT2D eigenvalue weighted by Gasteiger charge is 2.38. The number of nitrogens with two attached hydrogens (primary N) is 1. The number of aromatic nitrogens is 1. The van der Waals surface area contributed by atoms with Crippen LogP contribution in [0.2, 0.25) is 0 Å². The van der Waals surface area contributed by atoms with Gasteiger partial charge in [0.2, 0.25) is 0 Å². The van der Waals surface area contributed by atoms with Crippen LogP contribution in [0.25, 0.3) is 0 Å². The Labute approximate surface area is 137 Å². The van der Waals surface area contributed by atoms with Gasteiger partial charge in [0.1, 0.15) is 0 Å². The standard InChI is InChI=1S/C14H16BrN3S.ClH/c15-11-4-2-10(3-5-11)14(6-1-7-14)18-9-12-8-17-13(16)19-12;/h2-5,8,18H,1,6-7,9H2,(H2,16,17);1H. The van der Waals surface area contributed by atoms with Crippen molar-refractivity contribution in [2.45, 2.75) is 31.3 Å². The first-order chi connectivity index (χ1) is 9.18. The molecule has 1 aromatic heterocycles. The largest absolute Gasteiger partial charge is 0.375 e. The Kier molecular flexibility index (Phi) is 5.07. The van der Waals surface area contributed by atoms with Crippen LogP contribution in [0.3, 0.4) is 0 Å². The van der Waals surface area contributed by atoms with Crippen LogP contribution in [0.4, 0.5) is 5.13 Å². The lowest BCUT2D eigenvalue weighted by molar-refractivity contribution is 0.184. The number of hydrogen-bond donors (Lipinski definition) is 2. The Morgan fingerprint density at radius 2 is 2.00 bits per heavy atom. The minimum absolute atomic E-state index is 0. The van der Waals surface area contributed by atoms with Gasteiger partial charge in [-0.2, -0.15) is 0 Å². The molecular formula is C14H17BrClN3S. The molecule has 6 heteroatoms. The zero-order chi connectivity index (χ0) is 13.3. The molecule has 3 rings (SSSR count). The third-order valence-corrected chi connectivity index (χ3v) is 5.13. The van der Waals surface area contributed by atoms with Gasteiger partial charge in [0, 0.05) is 27.6 Å². The quantitative estimate of drug-likeness (QED) is 0.848. The topological polar surface area (TPSA) is 50.9 Å². The van der Waals surface area contributed by atoms with Crippen LogP contribution in [-0.2, 0) is 12.1 Å². The van der Waals surface area contributed by atoms with Gasteiger partial charge < -0.3 is 11.1 Å². The first-order valence-electron chi connectivity index (χ1n) is 6.39. The van der Waals surface area contributed by atoms with Gasteiger partial charge in [-0.3, -0.25) is 0 Å². The van der Waals surface area contributed by atoms with E-state index in [2.05, 4.69) is 50.5 Å². The fourth-order valence-corrected chi connectivity index (χ4v) is 3.42. The van der Waals surface area contributed by atoms with Crippen molar-refractivity contribution in [2.24, 2.45) is 0 Å². The molecule has 0 saturated heterocycles. The van der Waals surface area contributed by atoms with Crippen molar-refractivity contribution < 1.29 is 0 Å². The highest BCUT2D eigenvalue weighted by Crippen LogP contribution is 2.41. The Hall–Kier alpha value is -0.620. The number of nitrogens with zero attached hydrogens (tertiary/aromatic N) is 1. The second kappa shape index (κ2) is 6.43. The molecule has 3 nitrogen and oxygen atoms in total. The molecule has 0 amide bonds. The summed E-state index contributed by atoms with van der Waals surface area (Å²) in [4.78, 5) is 5.29. The predicted octanol–water partition coefficient (Wildman–Crippen LogP) is 4.08. The van der Waals surface area contributed by atoms with E-state index in [-0.39, 0.29) is 17.9 Å². The molecule has 0 spiro atoms. The molecule has 1 aliphatic carbocycles. The van der Waals surface area contributed by atoms with E-state index in [1.165, 1.54) is 29.7 Å². The van der Waals surface area contributed by atoms with E-state index < -0.39 is 0 Å². The molecule has 108 valence electrons. The minimum atomic E-state index is 0. The van der Waals surface area contributed by atoms with E-state index in [0.717, 1.165) is 11.0 Å². The SMILES string of the molecule is Cl.Nc1ncc(CNC2(c3ccc(Br)cc3)CCC2)s1. The number of anilines is 1. The number of benzene rings is 1. The first kappa shape index (κ1) is 15.8. The first-order valence-corrected chi connectivity index (χ1v) is 8.00. The lowest BCUT2D eigenvalue weighted by Crippen LogP contribution is -2.47. The number of hydrogen-bond acceptors (Lipinski definition) is 4. The van der Waals surface area contributed by atoms with Gasteiger partial charge in [-0.1, -0.05) is 28.1 Å². The van der Waals surface area contributed by atoms with Crippen LogP contribution in [0.5, 0.6) is 0 Å². The number of thiazole rings is 1. The molecule has 1 fully saturated rings. The number of rotatable bonds is 4. The summed E-state index contributed by atoms with van der Waals surface area (Å²) in [5.74, 6) is 0. The van der Waals surface area contributed by atoms with Crippen LogP contribution in [-0.4, -0.2) is 4.98 Å². The van der Waals surface area contributed by atoms with Crippen molar-refractivity contribution in [1.29, 1.82) is 0 Å². The summed E-state index contributed by atoms with van der Waals surface area (Å²) in [6.45, 7) is 0.838. The van der Waals surface area contributed by atoms with E-state index in [4.69, 9.17) is 5.73 Å². The van der Waals surface area contributed by atoms with Gasteiger partial charge in [-0.15, -0.1) is 23.7 Å². The van der Waals surface area contributed by atoms with Crippen molar-refractivity contribution in [2.75, 3.05) is 5.73 Å². The fourth-order valence-electron chi connectivity index (χ4n) is 2.53. The third-order valence-electron chi connectivity index (χ3n) is 3.78. The van der Waals surface area contributed by atoms with Crippen LogP contribution >= 0.6 is 39.7 Å². The number of nitrogens with one attached hydrogen (secondary N) is 1. The van der Waals surface area contributed by atoms with Gasteiger partial charge in [-0.25, -0.2) is 4.98 Å². The van der Waals surface area contributed by atoms with E-state index >= 15 is 0 Å². The van der Waals surface area contributed by atoms with E-state index in [0.29, 0.717) is 5.13 Å². The molecule has 1 heterocycles. The summed E-state index contributed by atoms with van der Waals surface area (Å²) >= 11 is 5.05. The average molecular weight is 375 g/mol. The highest BCUT2D eigenvalue weighted by molar-refractivity contribution is 9.10. The summed E-state index contributed by atoms with van der Waals surface area (Å²) in [6, 6.07) is 8.64. The molecule has 20 heavy (non-hydrogen) atoms. The van der Waals surface area contributed by atoms with Gasteiger partial charge in [0.05, 0.1) is 0 Å². The summed E-state index contributed by atoms with van der Waals surface area (Å²) in [6.07, 6.45) is 5.54. The smallest absolute Gasteiger partial charge is 0.180 e. The van der Waals surface area contributed by atoms with Crippen LogP contribution in [0, 0.1) is 0 Å². The second-order valence-corrected chi connectivity index (χ2v) is 7.02. The Balaban J connectivity index is 0.00000147. The highest BCUT2D eigenvalue weighted by atomic mass is 79.9. The van der Waals surface area contributed by atoms with E-state index in [1.807, 2.05) is 6.20 Å². The fraction of sp³-hybridized carbons (Fsp3) is 0.357. The monoisotopic (exact) mass is 373 g/mol. The van der Waals surface area contributed by atoms with Crippen molar-refractivity contribution >= 4 is 44.8 Å². The number of nitrogen functional groups attached to an aromatic ring is 1. The minimum Gasteiger partial charge on any atom is -0.375 e. The molecule has 3 N–H and O–H groups in total. The van der Waals surface area contributed by atoms with Crippen molar-refractivity contribution in [1.82, 2.24) is 10.3 Å². The normalized spacial score (nSPS) is 16.2. The second-order valence-electron chi connectivity index (χ2n) is 4.96. The summed E-state index contributed by atoms with van der Waals surface area (Å²) in [5, 5.41) is 4.34. The molecule has 0 unspecified atom stereocenters. The molecule has 1 aromatic carbocycles.